The molecule has 1 N–H and O–H groups in total. The first-order chi connectivity index (χ1) is 9.00. The van der Waals surface area contributed by atoms with E-state index in [0.717, 1.165) is 10.0 Å². The number of sulfonamides is 1. The molecule has 112 valence electrons. The van der Waals surface area contributed by atoms with Gasteiger partial charge in [-0.2, -0.15) is 0 Å². The summed E-state index contributed by atoms with van der Waals surface area (Å²) in [5, 5.41) is 0. The number of halogens is 1. The summed E-state index contributed by atoms with van der Waals surface area (Å²) in [6.45, 7) is 11.1. The summed E-state index contributed by atoms with van der Waals surface area (Å²) in [6.07, 6.45) is 0. The number of nitrogens with one attached hydrogen (secondary N) is 1. The largest absolute Gasteiger partial charge is 0.240 e. The molecule has 2 rings (SSSR count). The number of benzene rings is 1. The Balaban J connectivity index is 2.16. The number of rotatable bonds is 4. The SMILES string of the molecule is Cc1ccc(Br)cc1S(=O)(=O)NCC1C(C)(C)C1(C)C. The monoisotopic (exact) mass is 359 g/mol. The Morgan fingerprint density at radius 1 is 1.20 bits per heavy atom. The highest BCUT2D eigenvalue weighted by Gasteiger charge is 2.64. The van der Waals surface area contributed by atoms with Crippen molar-refractivity contribution in [3.8, 4) is 0 Å². The van der Waals surface area contributed by atoms with Gasteiger partial charge in [0.2, 0.25) is 10.0 Å². The van der Waals surface area contributed by atoms with Gasteiger partial charge in [0.05, 0.1) is 4.90 Å². The molecule has 1 aliphatic rings. The normalized spacial score (nSPS) is 20.9. The van der Waals surface area contributed by atoms with Crippen molar-refractivity contribution in [2.45, 2.75) is 39.5 Å². The van der Waals surface area contributed by atoms with E-state index in [2.05, 4.69) is 48.3 Å². The van der Waals surface area contributed by atoms with Crippen molar-refractivity contribution in [1.82, 2.24) is 4.72 Å². The molecule has 0 saturated heterocycles. The zero-order chi connectivity index (χ0) is 15.3. The van der Waals surface area contributed by atoms with Crippen LogP contribution in [0.5, 0.6) is 0 Å². The maximum absolute atomic E-state index is 12.4. The summed E-state index contributed by atoms with van der Waals surface area (Å²) >= 11 is 3.33. The lowest BCUT2D eigenvalue weighted by Crippen LogP contribution is -2.28. The van der Waals surface area contributed by atoms with E-state index in [9.17, 15) is 8.42 Å². The van der Waals surface area contributed by atoms with Gasteiger partial charge in [-0.15, -0.1) is 0 Å². The molecule has 0 unspecified atom stereocenters. The molecule has 0 bridgehead atoms. The van der Waals surface area contributed by atoms with Gasteiger partial charge < -0.3 is 0 Å². The Morgan fingerprint density at radius 3 is 2.25 bits per heavy atom. The van der Waals surface area contributed by atoms with Crippen LogP contribution in [0.25, 0.3) is 0 Å². The van der Waals surface area contributed by atoms with Crippen LogP contribution in [0, 0.1) is 23.7 Å². The molecule has 0 aliphatic heterocycles. The summed E-state index contributed by atoms with van der Waals surface area (Å²) in [6, 6.07) is 5.31. The van der Waals surface area contributed by atoms with Crippen LogP contribution < -0.4 is 4.72 Å². The molecule has 3 nitrogen and oxygen atoms in total. The van der Waals surface area contributed by atoms with Crippen molar-refractivity contribution in [2.75, 3.05) is 6.54 Å². The standard InChI is InChI=1S/C15H22BrNO2S/c1-10-6-7-11(16)8-12(10)20(18,19)17-9-13-14(2,3)15(13,4)5/h6-8,13,17H,9H2,1-5H3. The van der Waals surface area contributed by atoms with E-state index in [4.69, 9.17) is 0 Å². The first-order valence-corrected chi connectivity index (χ1v) is 9.03. The fourth-order valence-electron chi connectivity index (χ4n) is 2.98. The van der Waals surface area contributed by atoms with E-state index in [0.29, 0.717) is 17.4 Å². The quantitative estimate of drug-likeness (QED) is 0.890. The Bertz CT molecular complexity index is 621. The summed E-state index contributed by atoms with van der Waals surface area (Å²) in [5.74, 6) is 0.372. The molecule has 0 amide bonds. The molecule has 20 heavy (non-hydrogen) atoms. The van der Waals surface area contributed by atoms with Gasteiger partial charge in [0.1, 0.15) is 0 Å². The van der Waals surface area contributed by atoms with Crippen LogP contribution in [0.1, 0.15) is 33.3 Å². The average Bonchev–Trinajstić information content (AvgIpc) is 2.70. The van der Waals surface area contributed by atoms with Crippen LogP contribution in [0.4, 0.5) is 0 Å². The van der Waals surface area contributed by atoms with E-state index in [1.807, 2.05) is 19.1 Å². The summed E-state index contributed by atoms with van der Waals surface area (Å²) in [4.78, 5) is 0.350. The van der Waals surface area contributed by atoms with Crippen molar-refractivity contribution in [1.29, 1.82) is 0 Å². The molecule has 1 aromatic carbocycles. The number of hydrogen-bond acceptors (Lipinski definition) is 2. The van der Waals surface area contributed by atoms with Crippen LogP contribution in [0.15, 0.2) is 27.6 Å². The van der Waals surface area contributed by atoms with Gasteiger partial charge in [0.25, 0.3) is 0 Å². The number of aryl methyl sites for hydroxylation is 1. The van der Waals surface area contributed by atoms with Gasteiger partial charge in [-0.1, -0.05) is 49.7 Å². The van der Waals surface area contributed by atoms with E-state index in [1.165, 1.54) is 0 Å². The zero-order valence-corrected chi connectivity index (χ0v) is 15.0. The molecule has 0 aromatic heterocycles. The first-order valence-electron chi connectivity index (χ1n) is 6.76. The lowest BCUT2D eigenvalue weighted by Gasteiger charge is -2.10. The molecule has 1 saturated carbocycles. The average molecular weight is 360 g/mol. The molecular formula is C15H22BrNO2S. The van der Waals surface area contributed by atoms with Crippen LogP contribution in [-0.4, -0.2) is 15.0 Å². The van der Waals surface area contributed by atoms with E-state index >= 15 is 0 Å². The van der Waals surface area contributed by atoms with Crippen molar-refractivity contribution in [3.05, 3.63) is 28.2 Å². The topological polar surface area (TPSA) is 46.2 Å². The highest BCUT2D eigenvalue weighted by atomic mass is 79.9. The highest BCUT2D eigenvalue weighted by molar-refractivity contribution is 9.10. The van der Waals surface area contributed by atoms with E-state index < -0.39 is 10.0 Å². The zero-order valence-electron chi connectivity index (χ0n) is 12.6. The summed E-state index contributed by atoms with van der Waals surface area (Å²) in [5.41, 5.74) is 1.12. The summed E-state index contributed by atoms with van der Waals surface area (Å²) in [7, 11) is -3.45. The maximum Gasteiger partial charge on any atom is 0.240 e. The Morgan fingerprint density at radius 2 is 1.75 bits per heavy atom. The molecule has 0 heterocycles. The third-order valence-corrected chi connectivity index (χ3v) is 7.30. The molecular weight excluding hydrogens is 338 g/mol. The van der Waals surface area contributed by atoms with Gasteiger partial charge in [-0.25, -0.2) is 13.1 Å². The Kier molecular flexibility index (Phi) is 3.85. The van der Waals surface area contributed by atoms with Crippen molar-refractivity contribution in [2.24, 2.45) is 16.7 Å². The predicted molar refractivity (Wildman–Crippen MR) is 85.1 cm³/mol. The van der Waals surface area contributed by atoms with Crippen LogP contribution in [0.3, 0.4) is 0 Å². The van der Waals surface area contributed by atoms with Crippen LogP contribution in [-0.2, 0) is 10.0 Å². The van der Waals surface area contributed by atoms with Gasteiger partial charge in [-0.3, -0.25) is 0 Å². The first kappa shape index (κ1) is 16.0. The summed E-state index contributed by atoms with van der Waals surface area (Å²) < 4.78 is 28.4. The van der Waals surface area contributed by atoms with E-state index in [-0.39, 0.29) is 10.8 Å². The molecule has 1 aromatic rings. The minimum atomic E-state index is -3.45. The fraction of sp³-hybridized carbons (Fsp3) is 0.600. The third kappa shape index (κ3) is 2.55. The van der Waals surface area contributed by atoms with Crippen molar-refractivity contribution >= 4 is 26.0 Å². The predicted octanol–water partition coefficient (Wildman–Crippen LogP) is 3.72. The molecule has 5 heteroatoms. The van der Waals surface area contributed by atoms with Gasteiger partial charge in [-0.05, 0) is 41.4 Å². The molecule has 0 radical (unpaired) electrons. The maximum atomic E-state index is 12.4. The van der Waals surface area contributed by atoms with Gasteiger partial charge in [0, 0.05) is 11.0 Å². The molecule has 1 aliphatic carbocycles. The second kappa shape index (κ2) is 4.82. The fourth-order valence-corrected chi connectivity index (χ4v) is 4.81. The van der Waals surface area contributed by atoms with Crippen LogP contribution in [0.2, 0.25) is 0 Å². The van der Waals surface area contributed by atoms with Crippen molar-refractivity contribution < 1.29 is 8.42 Å². The van der Waals surface area contributed by atoms with E-state index in [1.54, 1.807) is 6.07 Å². The Hall–Kier alpha value is -0.390. The minimum absolute atomic E-state index is 0.182. The highest BCUT2D eigenvalue weighted by Crippen LogP contribution is 2.67. The van der Waals surface area contributed by atoms with Gasteiger partial charge >= 0.3 is 0 Å². The lowest BCUT2D eigenvalue weighted by molar-refractivity contribution is 0.457. The van der Waals surface area contributed by atoms with Gasteiger partial charge in [0.15, 0.2) is 0 Å². The number of hydrogen-bond donors (Lipinski definition) is 1. The second-order valence-electron chi connectivity index (χ2n) is 6.76. The Labute approximate surface area is 130 Å². The smallest absolute Gasteiger partial charge is 0.211 e. The molecule has 1 fully saturated rings. The third-order valence-electron chi connectivity index (χ3n) is 5.24. The lowest BCUT2D eigenvalue weighted by atomic mass is 10.0. The van der Waals surface area contributed by atoms with Crippen LogP contribution >= 0.6 is 15.9 Å². The second-order valence-corrected chi connectivity index (χ2v) is 9.41. The van der Waals surface area contributed by atoms with Crippen molar-refractivity contribution in [3.63, 3.8) is 0 Å². The molecule has 0 atom stereocenters. The minimum Gasteiger partial charge on any atom is -0.211 e. The molecule has 0 spiro atoms.